The van der Waals surface area contributed by atoms with Crippen LogP contribution in [0.4, 0.5) is 18.0 Å². The summed E-state index contributed by atoms with van der Waals surface area (Å²) in [5.74, 6) is -4.48. The van der Waals surface area contributed by atoms with Crippen LogP contribution in [-0.4, -0.2) is 71.6 Å². The number of imide groups is 1. The summed E-state index contributed by atoms with van der Waals surface area (Å²) < 4.78 is 44.5. The second-order valence-electron chi connectivity index (χ2n) is 10.4. The van der Waals surface area contributed by atoms with E-state index in [0.717, 1.165) is 12.0 Å². The number of carbonyl (C=O) groups is 4. The van der Waals surface area contributed by atoms with Gasteiger partial charge in [0.05, 0.1) is 13.2 Å². The summed E-state index contributed by atoms with van der Waals surface area (Å²) in [5, 5.41) is 11.8. The molecule has 34 heavy (non-hydrogen) atoms. The SMILES string of the molecule is CC[C@@H](C#N)NC(=O)[C@@H]1[C@@H]2[C@H](CN1C(=O)[C@@H](N(C(=O)OC)C(=O)C(F)(F)F)C(C)(C)C)C2(C)C. The molecular formula is C22H31F3N4O5. The molecule has 5 atom stereocenters. The maximum absolute atomic E-state index is 13.7. The summed E-state index contributed by atoms with van der Waals surface area (Å²) in [6.45, 7) is 9.83. The number of amides is 4. The van der Waals surface area contributed by atoms with Crippen LogP contribution in [0.25, 0.3) is 0 Å². The molecule has 0 unspecified atom stereocenters. The van der Waals surface area contributed by atoms with E-state index in [2.05, 4.69) is 10.1 Å². The van der Waals surface area contributed by atoms with Gasteiger partial charge in [0, 0.05) is 6.54 Å². The second-order valence-corrected chi connectivity index (χ2v) is 10.4. The molecule has 2 aliphatic rings. The van der Waals surface area contributed by atoms with Gasteiger partial charge >= 0.3 is 18.2 Å². The molecule has 0 aromatic rings. The molecule has 12 heteroatoms. The van der Waals surface area contributed by atoms with E-state index < -0.39 is 53.5 Å². The van der Waals surface area contributed by atoms with Crippen molar-refractivity contribution in [3.05, 3.63) is 0 Å². The van der Waals surface area contributed by atoms with Crippen LogP contribution < -0.4 is 5.32 Å². The Kier molecular flexibility index (Phi) is 7.31. The molecule has 1 aliphatic carbocycles. The number of ether oxygens (including phenoxy) is 1. The van der Waals surface area contributed by atoms with Gasteiger partial charge in [0.1, 0.15) is 18.1 Å². The number of nitriles is 1. The first kappa shape index (κ1) is 27.4. The van der Waals surface area contributed by atoms with Gasteiger partial charge in [0.25, 0.3) is 0 Å². The van der Waals surface area contributed by atoms with Gasteiger partial charge in [-0.15, -0.1) is 0 Å². The smallest absolute Gasteiger partial charge is 0.452 e. The van der Waals surface area contributed by atoms with Gasteiger partial charge in [-0.1, -0.05) is 41.5 Å². The van der Waals surface area contributed by atoms with Crippen LogP contribution in [0.1, 0.15) is 48.0 Å². The molecule has 0 aromatic heterocycles. The number of nitrogens with one attached hydrogen (secondary N) is 1. The van der Waals surface area contributed by atoms with Crippen molar-refractivity contribution in [3.8, 4) is 6.07 Å². The van der Waals surface area contributed by atoms with Crippen molar-refractivity contribution in [1.82, 2.24) is 15.1 Å². The number of hydrogen-bond donors (Lipinski definition) is 1. The summed E-state index contributed by atoms with van der Waals surface area (Å²) in [7, 11) is 0.805. The van der Waals surface area contributed by atoms with Crippen molar-refractivity contribution in [2.75, 3.05) is 13.7 Å². The maximum atomic E-state index is 13.7. The van der Waals surface area contributed by atoms with Gasteiger partial charge in [0.15, 0.2) is 0 Å². The molecule has 2 fully saturated rings. The summed E-state index contributed by atoms with van der Waals surface area (Å²) in [6, 6.07) is -1.80. The lowest BCUT2D eigenvalue weighted by atomic mass is 9.84. The number of methoxy groups -OCH3 is 1. The number of piperidine rings is 1. The summed E-state index contributed by atoms with van der Waals surface area (Å²) in [6.07, 6.45) is -6.75. The highest BCUT2D eigenvalue weighted by Gasteiger charge is 2.70. The lowest BCUT2D eigenvalue weighted by molar-refractivity contribution is -0.189. The average Bonchev–Trinajstić information content (AvgIpc) is 3.06. The molecule has 0 bridgehead atoms. The number of hydrogen-bond acceptors (Lipinski definition) is 6. The molecule has 2 rings (SSSR count). The zero-order chi connectivity index (χ0) is 26.4. The lowest BCUT2D eigenvalue weighted by Gasteiger charge is -2.41. The Labute approximate surface area is 196 Å². The average molecular weight is 489 g/mol. The zero-order valence-corrected chi connectivity index (χ0v) is 20.3. The van der Waals surface area contributed by atoms with Crippen molar-refractivity contribution >= 4 is 23.8 Å². The third-order valence-corrected chi connectivity index (χ3v) is 6.79. The highest BCUT2D eigenvalue weighted by Crippen LogP contribution is 2.65. The largest absolute Gasteiger partial charge is 0.471 e. The number of rotatable bonds is 5. The van der Waals surface area contributed by atoms with Crippen molar-refractivity contribution in [1.29, 1.82) is 5.26 Å². The standard InChI is InChI=1S/C22H31F3N4O5/c1-8-11(9-26)27-16(30)14-13-12(21(13,5)6)10-28(14)17(31)15(20(2,3)4)29(19(33)34-7)18(32)22(23,24)25/h11-15H,8,10H2,1-7H3,(H,27,30)/t11-,12-,13-,14-,15+/m0/s1. The first-order chi connectivity index (χ1) is 15.4. The van der Waals surface area contributed by atoms with Gasteiger partial charge in [-0.2, -0.15) is 18.4 Å². The first-order valence-electron chi connectivity index (χ1n) is 10.9. The summed E-state index contributed by atoms with van der Waals surface area (Å²) in [5.41, 5.74) is -1.62. The Bertz CT molecular complexity index is 906. The Morgan fingerprint density at radius 1 is 1.24 bits per heavy atom. The highest BCUT2D eigenvalue weighted by atomic mass is 19.4. The fourth-order valence-electron chi connectivity index (χ4n) is 4.86. The van der Waals surface area contributed by atoms with Crippen molar-refractivity contribution < 1.29 is 37.1 Å². The van der Waals surface area contributed by atoms with Crippen LogP contribution in [0.15, 0.2) is 0 Å². The molecular weight excluding hydrogens is 457 g/mol. The number of fused-ring (bicyclic) bond motifs is 1. The molecule has 190 valence electrons. The molecule has 1 aliphatic heterocycles. The normalized spacial score (nSPS) is 24.9. The number of alkyl halides is 3. The Hall–Kier alpha value is -2.84. The van der Waals surface area contributed by atoms with Crippen molar-refractivity contribution in [2.24, 2.45) is 22.7 Å². The monoisotopic (exact) mass is 488 g/mol. The van der Waals surface area contributed by atoms with E-state index in [4.69, 9.17) is 0 Å². The quantitative estimate of drug-likeness (QED) is 0.635. The molecule has 0 radical (unpaired) electrons. The van der Waals surface area contributed by atoms with Gasteiger partial charge < -0.3 is 15.0 Å². The van der Waals surface area contributed by atoms with Gasteiger partial charge in [-0.25, -0.2) is 9.69 Å². The van der Waals surface area contributed by atoms with Crippen LogP contribution in [0.5, 0.6) is 0 Å². The van der Waals surface area contributed by atoms with Crippen LogP contribution in [0.3, 0.4) is 0 Å². The fraction of sp³-hybridized carbons (Fsp3) is 0.773. The topological polar surface area (TPSA) is 120 Å². The Morgan fingerprint density at radius 3 is 2.21 bits per heavy atom. The number of likely N-dealkylation sites (tertiary alicyclic amines) is 1. The van der Waals surface area contributed by atoms with E-state index >= 15 is 0 Å². The second kappa shape index (κ2) is 9.07. The third kappa shape index (κ3) is 4.83. The molecule has 1 heterocycles. The van der Waals surface area contributed by atoms with Gasteiger partial charge in [-0.3, -0.25) is 14.4 Å². The van der Waals surface area contributed by atoms with E-state index in [1.54, 1.807) is 6.92 Å². The van der Waals surface area contributed by atoms with E-state index in [0.29, 0.717) is 6.42 Å². The summed E-state index contributed by atoms with van der Waals surface area (Å²) in [4.78, 5) is 52.3. The van der Waals surface area contributed by atoms with E-state index in [-0.39, 0.29) is 28.7 Å². The van der Waals surface area contributed by atoms with Crippen LogP contribution in [-0.2, 0) is 19.1 Å². The number of halogens is 3. The van der Waals surface area contributed by atoms with Gasteiger partial charge in [-0.05, 0) is 29.1 Å². The van der Waals surface area contributed by atoms with Gasteiger partial charge in [0.2, 0.25) is 11.8 Å². The fourth-order valence-corrected chi connectivity index (χ4v) is 4.86. The Morgan fingerprint density at radius 2 is 1.79 bits per heavy atom. The molecule has 0 aromatic carbocycles. The molecule has 1 saturated heterocycles. The minimum atomic E-state index is -5.44. The lowest BCUT2D eigenvalue weighted by Crippen LogP contribution is -2.63. The predicted molar refractivity (Wildman–Crippen MR) is 113 cm³/mol. The molecule has 0 spiro atoms. The summed E-state index contributed by atoms with van der Waals surface area (Å²) >= 11 is 0. The molecule has 9 nitrogen and oxygen atoms in total. The van der Waals surface area contributed by atoms with E-state index in [9.17, 15) is 37.6 Å². The maximum Gasteiger partial charge on any atom is 0.471 e. The third-order valence-electron chi connectivity index (χ3n) is 6.79. The number of carbonyl (C=O) groups excluding carboxylic acids is 4. The minimum Gasteiger partial charge on any atom is -0.452 e. The highest BCUT2D eigenvalue weighted by molar-refractivity contribution is 6.01. The van der Waals surface area contributed by atoms with E-state index in [1.165, 1.54) is 20.8 Å². The predicted octanol–water partition coefficient (Wildman–Crippen LogP) is 2.46. The van der Waals surface area contributed by atoms with Crippen LogP contribution in [0, 0.1) is 34.0 Å². The van der Waals surface area contributed by atoms with Crippen LogP contribution >= 0.6 is 0 Å². The van der Waals surface area contributed by atoms with Crippen LogP contribution in [0.2, 0.25) is 0 Å². The molecule has 1 saturated carbocycles. The number of nitrogens with zero attached hydrogens (tertiary/aromatic N) is 3. The van der Waals surface area contributed by atoms with E-state index in [1.807, 2.05) is 19.9 Å². The zero-order valence-electron chi connectivity index (χ0n) is 20.3. The van der Waals surface area contributed by atoms with Crippen molar-refractivity contribution in [2.45, 2.75) is 72.3 Å². The minimum absolute atomic E-state index is 0.0692. The first-order valence-corrected chi connectivity index (χ1v) is 10.9. The van der Waals surface area contributed by atoms with Crippen molar-refractivity contribution in [3.63, 3.8) is 0 Å². The molecule has 1 N–H and O–H groups in total. The molecule has 4 amide bonds. The Balaban J connectivity index is 2.51.